The monoisotopic (exact) mass is 428 g/mol. The van der Waals surface area contributed by atoms with Crippen molar-refractivity contribution < 1.29 is 33.6 Å². The fraction of sp³-hybridized carbons (Fsp3) is 0.870. The van der Waals surface area contributed by atoms with E-state index in [2.05, 4.69) is 13.5 Å². The van der Waals surface area contributed by atoms with Crippen molar-refractivity contribution in [2.75, 3.05) is 20.3 Å². The largest absolute Gasteiger partial charge is 0.467 e. The van der Waals surface area contributed by atoms with Crippen LogP contribution in [0.15, 0.2) is 12.7 Å². The minimum atomic E-state index is -1.06. The quantitative estimate of drug-likeness (QED) is 0.376. The molecule has 2 rings (SSSR count). The predicted octanol–water partition coefficient (Wildman–Crippen LogP) is 3.58. The van der Waals surface area contributed by atoms with Gasteiger partial charge in [-0.2, -0.15) is 0 Å². The summed E-state index contributed by atoms with van der Waals surface area (Å²) in [6.07, 6.45) is 6.25. The Morgan fingerprint density at radius 2 is 1.67 bits per heavy atom. The van der Waals surface area contributed by atoms with Gasteiger partial charge in [0.2, 0.25) is 0 Å². The Bertz CT molecular complexity index is 500. The zero-order chi connectivity index (χ0) is 21.9. The number of aliphatic hydroxyl groups excluding tert-OH is 1. The van der Waals surface area contributed by atoms with Gasteiger partial charge in [-0.05, 0) is 57.3 Å². The maximum absolute atomic E-state index is 12.3. The van der Waals surface area contributed by atoms with Crippen LogP contribution in [0.3, 0.4) is 0 Å². The highest BCUT2D eigenvalue weighted by Crippen LogP contribution is 2.26. The van der Waals surface area contributed by atoms with E-state index in [-0.39, 0.29) is 24.2 Å². The van der Waals surface area contributed by atoms with Crippen LogP contribution in [-0.4, -0.2) is 62.3 Å². The van der Waals surface area contributed by atoms with E-state index in [9.17, 15) is 9.90 Å². The van der Waals surface area contributed by atoms with E-state index in [1.165, 1.54) is 7.11 Å². The first kappa shape index (κ1) is 25.3. The lowest BCUT2D eigenvalue weighted by Crippen LogP contribution is -2.44. The minimum absolute atomic E-state index is 0.0561. The Kier molecular flexibility index (Phi) is 11.3. The molecular weight excluding hydrogens is 388 g/mol. The fourth-order valence-corrected chi connectivity index (χ4v) is 3.89. The van der Waals surface area contributed by atoms with Crippen LogP contribution in [0.1, 0.15) is 65.2 Å². The highest BCUT2D eigenvalue weighted by atomic mass is 16.7. The van der Waals surface area contributed by atoms with Crippen LogP contribution in [0.4, 0.5) is 0 Å². The molecule has 4 unspecified atom stereocenters. The molecule has 2 heterocycles. The third-order valence-corrected chi connectivity index (χ3v) is 6.09. The number of hydrogen-bond donors (Lipinski definition) is 1. The Hall–Kier alpha value is -0.990. The van der Waals surface area contributed by atoms with Crippen molar-refractivity contribution in [1.29, 1.82) is 0 Å². The van der Waals surface area contributed by atoms with Gasteiger partial charge in [0, 0.05) is 19.1 Å². The first-order valence-corrected chi connectivity index (χ1v) is 11.4. The maximum atomic E-state index is 12.3. The molecule has 0 spiro atoms. The molecule has 2 aliphatic rings. The number of carbonyl (C=O) groups excluding carboxylic acids is 1. The molecule has 0 amide bonds. The van der Waals surface area contributed by atoms with Crippen molar-refractivity contribution in [2.24, 2.45) is 11.8 Å². The van der Waals surface area contributed by atoms with Gasteiger partial charge < -0.3 is 28.8 Å². The van der Waals surface area contributed by atoms with Crippen molar-refractivity contribution in [1.82, 2.24) is 0 Å². The van der Waals surface area contributed by atoms with Crippen molar-refractivity contribution in [2.45, 2.75) is 96.1 Å². The molecule has 2 aliphatic heterocycles. The van der Waals surface area contributed by atoms with Crippen molar-refractivity contribution in [3.05, 3.63) is 12.7 Å². The van der Waals surface area contributed by atoms with Crippen LogP contribution in [0, 0.1) is 11.8 Å². The van der Waals surface area contributed by atoms with E-state index in [0.29, 0.717) is 19.4 Å². The molecular formula is C23H40O7. The molecule has 2 fully saturated rings. The van der Waals surface area contributed by atoms with Crippen LogP contribution in [-0.2, 0) is 28.5 Å². The molecule has 1 N–H and O–H groups in total. The molecule has 7 atom stereocenters. The van der Waals surface area contributed by atoms with Gasteiger partial charge in [-0.15, -0.1) is 6.58 Å². The van der Waals surface area contributed by atoms with Crippen LogP contribution in [0.25, 0.3) is 0 Å². The standard InChI is InChI=1S/C23H40O7/c1-5-16(2)18(29-19-10-6-8-14-27-19)13-12-17(3)21(24)22(23(25)26-4)30-20-11-7-9-15-28-20/h5,16-22,24H,1,6-15H2,2-4H3/t16-,17-,18+,19?,20?,21?,22?/m1/s1. The summed E-state index contributed by atoms with van der Waals surface area (Å²) in [5, 5.41) is 10.9. The summed E-state index contributed by atoms with van der Waals surface area (Å²) in [6.45, 7) is 9.22. The van der Waals surface area contributed by atoms with Gasteiger partial charge in [-0.3, -0.25) is 0 Å². The van der Waals surface area contributed by atoms with Gasteiger partial charge in [0.05, 0.1) is 19.3 Å². The maximum Gasteiger partial charge on any atom is 0.337 e. The molecule has 2 saturated heterocycles. The molecule has 0 saturated carbocycles. The Balaban J connectivity index is 1.92. The smallest absolute Gasteiger partial charge is 0.337 e. The minimum Gasteiger partial charge on any atom is -0.467 e. The van der Waals surface area contributed by atoms with Crippen LogP contribution in [0.2, 0.25) is 0 Å². The van der Waals surface area contributed by atoms with Gasteiger partial charge in [-0.25, -0.2) is 4.79 Å². The highest BCUT2D eigenvalue weighted by Gasteiger charge is 2.36. The summed E-state index contributed by atoms with van der Waals surface area (Å²) in [5.74, 6) is -0.609. The second-order valence-electron chi connectivity index (χ2n) is 8.49. The molecule has 7 nitrogen and oxygen atoms in total. The lowest BCUT2D eigenvalue weighted by atomic mass is 9.90. The van der Waals surface area contributed by atoms with Crippen LogP contribution >= 0.6 is 0 Å². The Morgan fingerprint density at radius 1 is 1.07 bits per heavy atom. The van der Waals surface area contributed by atoms with Gasteiger partial charge in [0.1, 0.15) is 0 Å². The van der Waals surface area contributed by atoms with E-state index in [4.69, 9.17) is 23.7 Å². The molecule has 0 bridgehead atoms. The third kappa shape index (κ3) is 7.93. The van der Waals surface area contributed by atoms with Gasteiger partial charge >= 0.3 is 5.97 Å². The second-order valence-corrected chi connectivity index (χ2v) is 8.49. The van der Waals surface area contributed by atoms with Crippen molar-refractivity contribution >= 4 is 5.97 Å². The molecule has 0 aromatic rings. The molecule has 0 aliphatic carbocycles. The topological polar surface area (TPSA) is 83.5 Å². The average molecular weight is 429 g/mol. The van der Waals surface area contributed by atoms with E-state index >= 15 is 0 Å². The first-order chi connectivity index (χ1) is 14.5. The number of hydrogen-bond acceptors (Lipinski definition) is 7. The van der Waals surface area contributed by atoms with Gasteiger partial charge in [-0.1, -0.05) is 19.9 Å². The second kappa shape index (κ2) is 13.4. The first-order valence-electron chi connectivity index (χ1n) is 11.4. The Labute approximate surface area is 181 Å². The van der Waals surface area contributed by atoms with E-state index in [0.717, 1.165) is 45.1 Å². The third-order valence-electron chi connectivity index (χ3n) is 6.09. The summed E-state index contributed by atoms with van der Waals surface area (Å²) in [5.41, 5.74) is 0. The van der Waals surface area contributed by atoms with Crippen LogP contribution in [0.5, 0.6) is 0 Å². The zero-order valence-electron chi connectivity index (χ0n) is 18.8. The summed E-state index contributed by atoms with van der Waals surface area (Å²) >= 11 is 0. The number of aliphatic hydroxyl groups is 1. The van der Waals surface area contributed by atoms with Gasteiger partial charge in [0.25, 0.3) is 0 Å². The normalized spacial score (nSPS) is 27.5. The van der Waals surface area contributed by atoms with Crippen molar-refractivity contribution in [3.8, 4) is 0 Å². The van der Waals surface area contributed by atoms with Crippen LogP contribution < -0.4 is 0 Å². The number of esters is 1. The SMILES string of the molecule is C=C[C@@H](C)[C@H](CC[C@@H](C)C(O)C(OC1CCCCO1)C(=O)OC)OC1CCCCO1. The number of ether oxygens (including phenoxy) is 5. The molecule has 174 valence electrons. The molecule has 0 aromatic carbocycles. The molecule has 7 heteroatoms. The summed E-state index contributed by atoms with van der Waals surface area (Å²) in [6, 6.07) is 0. The Morgan fingerprint density at radius 3 is 2.17 bits per heavy atom. The van der Waals surface area contributed by atoms with E-state index < -0.39 is 24.5 Å². The van der Waals surface area contributed by atoms with Gasteiger partial charge in [0.15, 0.2) is 18.7 Å². The number of rotatable bonds is 12. The number of methoxy groups -OCH3 is 1. The predicted molar refractivity (Wildman–Crippen MR) is 113 cm³/mol. The summed E-state index contributed by atoms with van der Waals surface area (Å²) in [7, 11) is 1.30. The average Bonchev–Trinajstić information content (AvgIpc) is 2.79. The van der Waals surface area contributed by atoms with Crippen molar-refractivity contribution in [3.63, 3.8) is 0 Å². The van der Waals surface area contributed by atoms with E-state index in [1.54, 1.807) is 0 Å². The lowest BCUT2D eigenvalue weighted by molar-refractivity contribution is -0.221. The van der Waals surface area contributed by atoms with E-state index in [1.807, 2.05) is 13.0 Å². The summed E-state index contributed by atoms with van der Waals surface area (Å²) in [4.78, 5) is 12.3. The molecule has 0 radical (unpaired) electrons. The molecule has 0 aromatic heterocycles. The lowest BCUT2D eigenvalue weighted by Gasteiger charge is -2.33. The summed E-state index contributed by atoms with van der Waals surface area (Å²) < 4.78 is 28.2. The fourth-order valence-electron chi connectivity index (χ4n) is 3.89. The molecule has 30 heavy (non-hydrogen) atoms. The highest BCUT2D eigenvalue weighted by molar-refractivity contribution is 5.75. The number of carbonyl (C=O) groups is 1. The zero-order valence-corrected chi connectivity index (χ0v) is 18.8.